The van der Waals surface area contributed by atoms with Gasteiger partial charge in [-0.15, -0.1) is 0 Å². The Morgan fingerprint density at radius 2 is 2.00 bits per heavy atom. The van der Waals surface area contributed by atoms with Gasteiger partial charge in [-0.2, -0.15) is 0 Å². The second-order valence-corrected chi connectivity index (χ2v) is 6.59. The molecule has 1 aromatic heterocycles. The monoisotopic (exact) mass is 345 g/mol. The Bertz CT molecular complexity index is 786. The van der Waals surface area contributed by atoms with Crippen LogP contribution in [0.5, 0.6) is 0 Å². The molecule has 1 amide bonds. The highest BCUT2D eigenvalue weighted by Gasteiger charge is 2.23. The number of aromatic nitrogens is 1. The zero-order valence-corrected chi connectivity index (χ0v) is 14.3. The lowest BCUT2D eigenvalue weighted by molar-refractivity contribution is 0.0947. The van der Waals surface area contributed by atoms with Gasteiger partial charge in [0.2, 0.25) is 5.56 Å². The molecule has 0 spiro atoms. The maximum absolute atomic E-state index is 12.2. The maximum atomic E-state index is 12.2. The van der Waals surface area contributed by atoms with Crippen molar-refractivity contribution in [2.45, 2.75) is 6.42 Å². The van der Waals surface area contributed by atoms with Crippen LogP contribution < -0.4 is 15.8 Å². The molecule has 3 rings (SSSR count). The minimum absolute atomic E-state index is 0.124. The van der Waals surface area contributed by atoms with E-state index >= 15 is 0 Å². The Hall–Kier alpha value is -2.27. The summed E-state index contributed by atoms with van der Waals surface area (Å²) in [6.45, 7) is 2.52. The Kier molecular flexibility index (Phi) is 4.90. The number of hydrogen-bond acceptors (Lipinski definition) is 3. The van der Waals surface area contributed by atoms with Crippen molar-refractivity contribution >= 4 is 23.2 Å². The molecule has 1 atom stereocenters. The SMILES string of the molecule is Cn1cc(C(=O)NCC2CCN(c3ccc(Cl)cc3)C2)ccc1=O. The van der Waals surface area contributed by atoms with Gasteiger partial charge in [-0.05, 0) is 42.7 Å². The summed E-state index contributed by atoms with van der Waals surface area (Å²) in [6, 6.07) is 10.8. The fourth-order valence-electron chi connectivity index (χ4n) is 2.95. The van der Waals surface area contributed by atoms with E-state index < -0.39 is 0 Å². The summed E-state index contributed by atoms with van der Waals surface area (Å²) < 4.78 is 1.41. The zero-order valence-electron chi connectivity index (χ0n) is 13.5. The van der Waals surface area contributed by atoms with E-state index in [1.807, 2.05) is 24.3 Å². The van der Waals surface area contributed by atoms with Crippen LogP contribution in [0, 0.1) is 5.92 Å². The lowest BCUT2D eigenvalue weighted by Gasteiger charge is -2.19. The van der Waals surface area contributed by atoms with E-state index in [0.717, 1.165) is 30.2 Å². The third-order valence-corrected chi connectivity index (χ3v) is 4.63. The minimum Gasteiger partial charge on any atom is -0.371 e. The highest BCUT2D eigenvalue weighted by molar-refractivity contribution is 6.30. The number of rotatable bonds is 4. The van der Waals surface area contributed by atoms with Gasteiger partial charge in [-0.1, -0.05) is 11.6 Å². The molecule has 1 aromatic carbocycles. The van der Waals surface area contributed by atoms with E-state index in [1.165, 1.54) is 10.6 Å². The molecule has 0 radical (unpaired) electrons. The average molecular weight is 346 g/mol. The van der Waals surface area contributed by atoms with E-state index in [2.05, 4.69) is 10.2 Å². The number of anilines is 1. The molecule has 1 unspecified atom stereocenters. The molecule has 5 nitrogen and oxygen atoms in total. The lowest BCUT2D eigenvalue weighted by atomic mass is 10.1. The standard InChI is InChI=1S/C18H20ClN3O2/c1-21-12-14(2-7-17(21)23)18(24)20-10-13-8-9-22(11-13)16-5-3-15(19)4-6-16/h2-7,12-13H,8-11H2,1H3,(H,20,24). The Balaban J connectivity index is 1.54. The Morgan fingerprint density at radius 3 is 2.71 bits per heavy atom. The molecule has 1 saturated heterocycles. The number of carbonyl (C=O) groups is 1. The number of pyridine rings is 1. The summed E-state index contributed by atoms with van der Waals surface area (Å²) in [4.78, 5) is 25.9. The van der Waals surface area contributed by atoms with Crippen LogP contribution in [-0.2, 0) is 7.05 Å². The third kappa shape index (κ3) is 3.79. The van der Waals surface area contributed by atoms with E-state index in [1.54, 1.807) is 19.3 Å². The quantitative estimate of drug-likeness (QED) is 0.925. The number of nitrogens with zero attached hydrogens (tertiary/aromatic N) is 2. The number of halogens is 1. The summed E-state index contributed by atoms with van der Waals surface area (Å²) in [6.07, 6.45) is 2.60. The molecule has 6 heteroatoms. The minimum atomic E-state index is -0.143. The predicted molar refractivity (Wildman–Crippen MR) is 95.8 cm³/mol. The molecule has 1 fully saturated rings. The van der Waals surface area contributed by atoms with Gasteiger partial charge >= 0.3 is 0 Å². The van der Waals surface area contributed by atoms with Crippen molar-refractivity contribution in [3.05, 3.63) is 63.5 Å². The van der Waals surface area contributed by atoms with Crippen LogP contribution in [0.3, 0.4) is 0 Å². The predicted octanol–water partition coefficient (Wildman–Crippen LogP) is 2.29. The zero-order chi connectivity index (χ0) is 17.1. The first-order valence-electron chi connectivity index (χ1n) is 7.98. The number of amides is 1. The number of hydrogen-bond donors (Lipinski definition) is 1. The van der Waals surface area contributed by atoms with Gasteiger partial charge in [-0.3, -0.25) is 9.59 Å². The van der Waals surface area contributed by atoms with Gasteiger partial charge in [0.25, 0.3) is 5.91 Å². The molecule has 126 valence electrons. The fraction of sp³-hybridized carbons (Fsp3) is 0.333. The van der Waals surface area contributed by atoms with Crippen molar-refractivity contribution in [2.24, 2.45) is 13.0 Å². The van der Waals surface area contributed by atoms with Crippen LogP contribution in [0.25, 0.3) is 0 Å². The van der Waals surface area contributed by atoms with Gasteiger partial charge < -0.3 is 14.8 Å². The number of aryl methyl sites for hydroxylation is 1. The Labute approximate surface area is 145 Å². The first-order chi connectivity index (χ1) is 11.5. The third-order valence-electron chi connectivity index (χ3n) is 4.38. The molecule has 2 heterocycles. The average Bonchev–Trinajstić information content (AvgIpc) is 3.05. The van der Waals surface area contributed by atoms with Gasteiger partial charge in [0.05, 0.1) is 5.56 Å². The van der Waals surface area contributed by atoms with Gasteiger partial charge in [0.1, 0.15) is 0 Å². The van der Waals surface area contributed by atoms with E-state index in [9.17, 15) is 9.59 Å². The highest BCUT2D eigenvalue weighted by atomic mass is 35.5. The molecule has 0 bridgehead atoms. The molecule has 0 aliphatic carbocycles. The summed E-state index contributed by atoms with van der Waals surface area (Å²) in [5, 5.41) is 3.70. The lowest BCUT2D eigenvalue weighted by Crippen LogP contribution is -2.31. The number of benzene rings is 1. The van der Waals surface area contributed by atoms with Crippen LogP contribution in [0.15, 0.2) is 47.4 Å². The van der Waals surface area contributed by atoms with Gasteiger partial charge in [0.15, 0.2) is 0 Å². The smallest absolute Gasteiger partial charge is 0.252 e. The molecule has 1 N–H and O–H groups in total. The molecule has 24 heavy (non-hydrogen) atoms. The number of carbonyl (C=O) groups excluding carboxylic acids is 1. The topological polar surface area (TPSA) is 54.3 Å². The first kappa shape index (κ1) is 16.6. The van der Waals surface area contributed by atoms with Crippen molar-refractivity contribution in [2.75, 3.05) is 24.5 Å². The molecule has 2 aromatic rings. The van der Waals surface area contributed by atoms with E-state index in [0.29, 0.717) is 18.0 Å². The van der Waals surface area contributed by atoms with Crippen LogP contribution in [0.4, 0.5) is 5.69 Å². The second-order valence-electron chi connectivity index (χ2n) is 6.15. The van der Waals surface area contributed by atoms with Crippen molar-refractivity contribution in [1.82, 2.24) is 9.88 Å². The van der Waals surface area contributed by atoms with E-state index in [4.69, 9.17) is 11.6 Å². The molecule has 1 aliphatic rings. The van der Waals surface area contributed by atoms with Crippen molar-refractivity contribution < 1.29 is 4.79 Å². The van der Waals surface area contributed by atoms with Crippen molar-refractivity contribution in [3.8, 4) is 0 Å². The van der Waals surface area contributed by atoms with Gasteiger partial charge in [0, 0.05) is 49.7 Å². The van der Waals surface area contributed by atoms with Crippen molar-refractivity contribution in [1.29, 1.82) is 0 Å². The fourth-order valence-corrected chi connectivity index (χ4v) is 3.08. The Morgan fingerprint density at radius 1 is 1.25 bits per heavy atom. The maximum Gasteiger partial charge on any atom is 0.252 e. The molecular weight excluding hydrogens is 326 g/mol. The second kappa shape index (κ2) is 7.09. The normalized spacial score (nSPS) is 17.1. The first-order valence-corrected chi connectivity index (χ1v) is 8.36. The van der Waals surface area contributed by atoms with E-state index in [-0.39, 0.29) is 11.5 Å². The molecule has 1 aliphatic heterocycles. The van der Waals surface area contributed by atoms with Crippen LogP contribution in [-0.4, -0.2) is 30.1 Å². The largest absolute Gasteiger partial charge is 0.371 e. The van der Waals surface area contributed by atoms with Crippen molar-refractivity contribution in [3.63, 3.8) is 0 Å². The number of nitrogens with one attached hydrogen (secondary N) is 1. The van der Waals surface area contributed by atoms with Crippen LogP contribution in [0.2, 0.25) is 5.02 Å². The molecular formula is C18H20ClN3O2. The summed E-state index contributed by atoms with van der Waals surface area (Å²) in [5.74, 6) is 0.271. The summed E-state index contributed by atoms with van der Waals surface area (Å²) >= 11 is 5.92. The van der Waals surface area contributed by atoms with Crippen LogP contribution >= 0.6 is 11.6 Å². The summed E-state index contributed by atoms with van der Waals surface area (Å²) in [7, 11) is 1.64. The highest BCUT2D eigenvalue weighted by Crippen LogP contribution is 2.24. The van der Waals surface area contributed by atoms with Gasteiger partial charge in [-0.25, -0.2) is 0 Å². The molecule has 0 saturated carbocycles. The summed E-state index contributed by atoms with van der Waals surface area (Å²) in [5.41, 5.74) is 1.54. The van der Waals surface area contributed by atoms with Crippen LogP contribution in [0.1, 0.15) is 16.8 Å².